The second-order valence-electron chi connectivity index (χ2n) is 6.51. The first-order valence-electron chi connectivity index (χ1n) is 8.31. The van der Waals surface area contributed by atoms with Crippen LogP contribution < -0.4 is 16.0 Å². The van der Waals surface area contributed by atoms with Gasteiger partial charge in [-0.25, -0.2) is 9.97 Å². The van der Waals surface area contributed by atoms with Crippen molar-refractivity contribution in [1.29, 1.82) is 0 Å². The van der Waals surface area contributed by atoms with Crippen molar-refractivity contribution in [3.63, 3.8) is 0 Å². The molecule has 122 valence electrons. The molecule has 0 radical (unpaired) electrons. The third-order valence-electron chi connectivity index (χ3n) is 4.31. The molecule has 23 heavy (non-hydrogen) atoms. The van der Waals surface area contributed by atoms with Crippen molar-refractivity contribution in [2.45, 2.75) is 33.2 Å². The average molecular weight is 311 g/mol. The predicted octanol–water partition coefficient (Wildman–Crippen LogP) is 3.08. The molecular formula is C18H25N5. The van der Waals surface area contributed by atoms with Gasteiger partial charge in [-0.3, -0.25) is 0 Å². The summed E-state index contributed by atoms with van der Waals surface area (Å²) in [6.45, 7) is 7.08. The van der Waals surface area contributed by atoms with Crippen molar-refractivity contribution < 1.29 is 0 Å². The van der Waals surface area contributed by atoms with Crippen LogP contribution in [0.1, 0.15) is 31.4 Å². The number of rotatable bonds is 5. The van der Waals surface area contributed by atoms with Crippen molar-refractivity contribution >= 4 is 17.3 Å². The maximum Gasteiger partial charge on any atom is 0.157 e. The summed E-state index contributed by atoms with van der Waals surface area (Å²) in [4.78, 5) is 11.0. The number of hydrogen-bond donors (Lipinski definition) is 2. The molecule has 2 aromatic rings. The Hall–Kier alpha value is -2.30. The summed E-state index contributed by atoms with van der Waals surface area (Å²) in [6, 6.07) is 8.57. The summed E-state index contributed by atoms with van der Waals surface area (Å²) in [7, 11) is 0. The fourth-order valence-electron chi connectivity index (χ4n) is 2.93. The molecule has 0 saturated heterocycles. The lowest BCUT2D eigenvalue weighted by atomic mass is 10.00. The first-order valence-corrected chi connectivity index (χ1v) is 8.31. The molecule has 0 aliphatic carbocycles. The highest BCUT2D eigenvalue weighted by Crippen LogP contribution is 2.30. The molecule has 0 bridgehead atoms. The van der Waals surface area contributed by atoms with Crippen molar-refractivity contribution in [3.05, 3.63) is 41.7 Å². The largest absolute Gasteiger partial charge is 0.393 e. The Morgan fingerprint density at radius 1 is 1.22 bits per heavy atom. The molecule has 1 aliphatic heterocycles. The predicted molar refractivity (Wildman–Crippen MR) is 95.6 cm³/mol. The van der Waals surface area contributed by atoms with E-state index in [4.69, 9.17) is 5.73 Å². The van der Waals surface area contributed by atoms with E-state index < -0.39 is 0 Å². The summed E-state index contributed by atoms with van der Waals surface area (Å²) in [6.07, 6.45) is 3.72. The molecule has 0 atom stereocenters. The van der Waals surface area contributed by atoms with Gasteiger partial charge in [-0.05, 0) is 29.9 Å². The summed E-state index contributed by atoms with van der Waals surface area (Å²) in [5, 5.41) is 3.34. The van der Waals surface area contributed by atoms with Gasteiger partial charge in [-0.15, -0.1) is 0 Å². The minimum absolute atomic E-state index is 0.649. The number of nitrogens with one attached hydrogen (secondary N) is 1. The van der Waals surface area contributed by atoms with E-state index in [1.165, 1.54) is 11.1 Å². The minimum Gasteiger partial charge on any atom is -0.393 e. The molecule has 1 aromatic carbocycles. The van der Waals surface area contributed by atoms with Crippen LogP contribution in [-0.2, 0) is 13.0 Å². The normalized spacial score (nSPS) is 14.0. The first kappa shape index (κ1) is 15.6. The van der Waals surface area contributed by atoms with E-state index in [9.17, 15) is 0 Å². The lowest BCUT2D eigenvalue weighted by Crippen LogP contribution is -2.32. The molecule has 0 amide bonds. The van der Waals surface area contributed by atoms with Crippen LogP contribution in [0, 0.1) is 5.92 Å². The van der Waals surface area contributed by atoms with E-state index >= 15 is 0 Å². The molecule has 2 heterocycles. The number of aromatic nitrogens is 2. The molecule has 0 fully saturated rings. The highest BCUT2D eigenvalue weighted by Gasteiger charge is 2.20. The van der Waals surface area contributed by atoms with E-state index in [0.717, 1.165) is 44.1 Å². The van der Waals surface area contributed by atoms with Gasteiger partial charge in [0.25, 0.3) is 0 Å². The Morgan fingerprint density at radius 3 is 2.78 bits per heavy atom. The highest BCUT2D eigenvalue weighted by atomic mass is 15.2. The summed E-state index contributed by atoms with van der Waals surface area (Å²) < 4.78 is 0. The topological polar surface area (TPSA) is 67.1 Å². The van der Waals surface area contributed by atoms with Gasteiger partial charge in [0, 0.05) is 19.6 Å². The number of anilines is 3. The summed E-state index contributed by atoms with van der Waals surface area (Å²) in [5.41, 5.74) is 9.75. The van der Waals surface area contributed by atoms with Crippen LogP contribution >= 0.6 is 0 Å². The van der Waals surface area contributed by atoms with Gasteiger partial charge in [0.05, 0.1) is 0 Å². The number of nitrogen functional groups attached to an aromatic ring is 1. The monoisotopic (exact) mass is 311 g/mol. The molecule has 1 aromatic heterocycles. The number of nitrogens with two attached hydrogens (primary N) is 1. The third kappa shape index (κ3) is 3.55. The lowest BCUT2D eigenvalue weighted by Gasteiger charge is -2.30. The second kappa shape index (κ2) is 6.86. The number of benzene rings is 1. The first-order chi connectivity index (χ1) is 11.1. The highest BCUT2D eigenvalue weighted by molar-refractivity contribution is 5.75. The zero-order chi connectivity index (χ0) is 16.2. The van der Waals surface area contributed by atoms with E-state index in [-0.39, 0.29) is 0 Å². The Balaban J connectivity index is 1.76. The fraction of sp³-hybridized carbons (Fsp3) is 0.444. The standard InChI is InChI=1S/C18H25N5/c1-13(2)7-9-20-17-16(19)18(22-12-21-17)23-10-8-14-5-3-4-6-15(14)11-23/h3-6,12-13H,7-11,19H2,1-2H3,(H,20,21,22). The van der Waals surface area contributed by atoms with Crippen molar-refractivity contribution in [1.82, 2.24) is 9.97 Å². The van der Waals surface area contributed by atoms with Crippen LogP contribution in [0.5, 0.6) is 0 Å². The summed E-state index contributed by atoms with van der Waals surface area (Å²) in [5.74, 6) is 2.24. The van der Waals surface area contributed by atoms with Gasteiger partial charge < -0.3 is 16.0 Å². The number of nitrogens with zero attached hydrogens (tertiary/aromatic N) is 3. The summed E-state index contributed by atoms with van der Waals surface area (Å²) >= 11 is 0. The quantitative estimate of drug-likeness (QED) is 0.888. The number of hydrogen-bond acceptors (Lipinski definition) is 5. The van der Waals surface area contributed by atoms with Crippen LogP contribution in [0.25, 0.3) is 0 Å². The Labute approximate surface area is 137 Å². The molecule has 0 saturated carbocycles. The van der Waals surface area contributed by atoms with Gasteiger partial charge in [-0.1, -0.05) is 38.1 Å². The SMILES string of the molecule is CC(C)CCNc1ncnc(N2CCc3ccccc3C2)c1N. The van der Waals surface area contributed by atoms with Gasteiger partial charge in [0.15, 0.2) is 11.6 Å². The van der Waals surface area contributed by atoms with E-state index in [1.54, 1.807) is 6.33 Å². The van der Waals surface area contributed by atoms with Crippen LogP contribution in [0.2, 0.25) is 0 Å². The molecule has 5 heteroatoms. The lowest BCUT2D eigenvalue weighted by molar-refractivity contribution is 0.606. The van der Waals surface area contributed by atoms with Crippen LogP contribution in [0.15, 0.2) is 30.6 Å². The zero-order valence-corrected chi connectivity index (χ0v) is 13.9. The van der Waals surface area contributed by atoms with Gasteiger partial charge in [0.1, 0.15) is 12.0 Å². The third-order valence-corrected chi connectivity index (χ3v) is 4.31. The van der Waals surface area contributed by atoms with Gasteiger partial charge in [0.2, 0.25) is 0 Å². The van der Waals surface area contributed by atoms with Crippen LogP contribution in [0.4, 0.5) is 17.3 Å². The Kier molecular flexibility index (Phi) is 4.65. The Morgan fingerprint density at radius 2 is 2.00 bits per heavy atom. The van der Waals surface area contributed by atoms with E-state index in [0.29, 0.717) is 11.6 Å². The Bertz CT molecular complexity index is 668. The maximum absolute atomic E-state index is 6.32. The van der Waals surface area contributed by atoms with Crippen molar-refractivity contribution in [2.75, 3.05) is 29.0 Å². The molecule has 0 unspecified atom stereocenters. The average Bonchev–Trinajstić information content (AvgIpc) is 2.56. The van der Waals surface area contributed by atoms with Crippen molar-refractivity contribution in [2.24, 2.45) is 5.92 Å². The molecule has 3 rings (SSSR count). The maximum atomic E-state index is 6.32. The fourth-order valence-corrected chi connectivity index (χ4v) is 2.93. The van der Waals surface area contributed by atoms with E-state index in [1.807, 2.05) is 0 Å². The van der Waals surface area contributed by atoms with E-state index in [2.05, 4.69) is 58.3 Å². The van der Waals surface area contributed by atoms with Gasteiger partial charge in [-0.2, -0.15) is 0 Å². The van der Waals surface area contributed by atoms with Gasteiger partial charge >= 0.3 is 0 Å². The number of fused-ring (bicyclic) bond motifs is 1. The molecular weight excluding hydrogens is 286 g/mol. The minimum atomic E-state index is 0.649. The molecule has 3 N–H and O–H groups in total. The smallest absolute Gasteiger partial charge is 0.157 e. The molecule has 1 aliphatic rings. The van der Waals surface area contributed by atoms with Crippen LogP contribution in [-0.4, -0.2) is 23.1 Å². The second-order valence-corrected chi connectivity index (χ2v) is 6.51. The molecule has 5 nitrogen and oxygen atoms in total. The zero-order valence-electron chi connectivity index (χ0n) is 13.9. The van der Waals surface area contributed by atoms with Crippen LogP contribution in [0.3, 0.4) is 0 Å². The van der Waals surface area contributed by atoms with Crippen molar-refractivity contribution in [3.8, 4) is 0 Å². The molecule has 0 spiro atoms.